The molecule has 0 fully saturated rings. The molecule has 0 unspecified atom stereocenters. The van der Waals surface area contributed by atoms with Gasteiger partial charge in [-0.1, -0.05) is 32.3 Å². The highest BCUT2D eigenvalue weighted by molar-refractivity contribution is 6.02. The van der Waals surface area contributed by atoms with E-state index in [0.29, 0.717) is 30.1 Å². The first-order chi connectivity index (χ1) is 12.9. The fourth-order valence-corrected chi connectivity index (χ4v) is 3.43. The van der Waals surface area contributed by atoms with Crippen LogP contribution in [-0.4, -0.2) is 33.2 Å². The molecule has 7 heteroatoms. The van der Waals surface area contributed by atoms with Crippen molar-refractivity contribution in [2.75, 3.05) is 6.61 Å². The fraction of sp³-hybridized carbons (Fsp3) is 0.450. The lowest BCUT2D eigenvalue weighted by molar-refractivity contribution is 0.1000. The molecule has 0 spiro atoms. The molecule has 1 aromatic carbocycles. The average molecular weight is 370 g/mol. The highest BCUT2D eigenvalue weighted by Gasteiger charge is 2.33. The molecule has 144 valence electrons. The molecule has 2 aromatic rings. The van der Waals surface area contributed by atoms with Crippen molar-refractivity contribution < 1.29 is 14.7 Å². The predicted octanol–water partition coefficient (Wildman–Crippen LogP) is 3.30. The zero-order valence-corrected chi connectivity index (χ0v) is 16.0. The van der Waals surface area contributed by atoms with Crippen molar-refractivity contribution in [3.8, 4) is 11.4 Å². The molecule has 0 atom stereocenters. The van der Waals surface area contributed by atoms with E-state index in [-0.39, 0.29) is 5.41 Å². The maximum absolute atomic E-state index is 11.6. The van der Waals surface area contributed by atoms with Gasteiger partial charge in [0.05, 0.1) is 24.2 Å². The molecule has 0 saturated carbocycles. The molecule has 27 heavy (non-hydrogen) atoms. The Morgan fingerprint density at radius 2 is 2.19 bits per heavy atom. The van der Waals surface area contributed by atoms with Gasteiger partial charge in [0.25, 0.3) is 0 Å². The molecule has 0 saturated heterocycles. The van der Waals surface area contributed by atoms with Gasteiger partial charge in [0.2, 0.25) is 5.91 Å². The number of primary amides is 1. The number of hydrogen-bond donors (Lipinski definition) is 2. The van der Waals surface area contributed by atoms with Crippen molar-refractivity contribution in [2.45, 2.75) is 46.5 Å². The van der Waals surface area contributed by atoms with Crippen LogP contribution in [0.4, 0.5) is 0 Å². The van der Waals surface area contributed by atoms with Crippen molar-refractivity contribution in [1.29, 1.82) is 0 Å². The van der Waals surface area contributed by atoms with E-state index < -0.39 is 5.91 Å². The summed E-state index contributed by atoms with van der Waals surface area (Å²) in [7, 11) is 0. The Hall–Kier alpha value is -2.83. The molecule has 0 radical (unpaired) electrons. The number of carbonyl (C=O) groups excluding carboxylic acids is 1. The summed E-state index contributed by atoms with van der Waals surface area (Å²) < 4.78 is 7.75. The smallest absolute Gasteiger partial charge is 0.248 e. The lowest BCUT2D eigenvalue weighted by Gasteiger charge is -2.30. The minimum atomic E-state index is -0.500. The predicted molar refractivity (Wildman–Crippen MR) is 103 cm³/mol. The number of amides is 1. The molecule has 1 amide bonds. The van der Waals surface area contributed by atoms with Crippen LogP contribution in [0.3, 0.4) is 0 Å². The summed E-state index contributed by atoms with van der Waals surface area (Å²) in [5.74, 6) is 0.0664. The van der Waals surface area contributed by atoms with E-state index >= 15 is 0 Å². The number of fused-ring (bicyclic) bond motifs is 1. The van der Waals surface area contributed by atoms with Crippen LogP contribution >= 0.6 is 0 Å². The van der Waals surface area contributed by atoms with Gasteiger partial charge in [0.1, 0.15) is 11.4 Å². The number of nitrogens with two attached hydrogens (primary N) is 1. The average Bonchev–Trinajstić information content (AvgIpc) is 3.03. The van der Waals surface area contributed by atoms with Gasteiger partial charge in [-0.15, -0.1) is 0 Å². The molecule has 1 heterocycles. The third-order valence-corrected chi connectivity index (χ3v) is 4.82. The summed E-state index contributed by atoms with van der Waals surface area (Å²) in [6.45, 7) is 6.90. The van der Waals surface area contributed by atoms with Gasteiger partial charge in [-0.05, 0) is 42.9 Å². The molecule has 1 aromatic heterocycles. The highest BCUT2D eigenvalue weighted by Crippen LogP contribution is 2.37. The summed E-state index contributed by atoms with van der Waals surface area (Å²) in [5, 5.41) is 17.4. The van der Waals surface area contributed by atoms with Crippen LogP contribution in [0.25, 0.3) is 5.69 Å². The third-order valence-electron chi connectivity index (χ3n) is 4.82. The maximum Gasteiger partial charge on any atom is 0.248 e. The molecule has 3 rings (SSSR count). The topological polar surface area (TPSA) is 103 Å². The largest absolute Gasteiger partial charge is 0.491 e. The van der Waals surface area contributed by atoms with Crippen LogP contribution in [0.1, 0.15) is 61.6 Å². The number of oxime groups is 1. The second-order valence-corrected chi connectivity index (χ2v) is 7.73. The molecule has 1 aliphatic rings. The van der Waals surface area contributed by atoms with Crippen molar-refractivity contribution in [3.63, 3.8) is 0 Å². The molecular weight excluding hydrogens is 344 g/mol. The van der Waals surface area contributed by atoms with E-state index in [2.05, 4.69) is 31.0 Å². The second kappa shape index (κ2) is 7.42. The molecule has 7 nitrogen and oxygen atoms in total. The van der Waals surface area contributed by atoms with E-state index in [4.69, 9.17) is 10.5 Å². The number of carbonyl (C=O) groups is 1. The number of nitrogens with zero attached hydrogens (tertiary/aromatic N) is 3. The normalized spacial score (nSPS) is 16.9. The van der Waals surface area contributed by atoms with Gasteiger partial charge in [-0.2, -0.15) is 5.10 Å². The van der Waals surface area contributed by atoms with Gasteiger partial charge < -0.3 is 15.7 Å². The van der Waals surface area contributed by atoms with Gasteiger partial charge in [-0.25, -0.2) is 4.68 Å². The lowest BCUT2D eigenvalue weighted by atomic mass is 9.76. The summed E-state index contributed by atoms with van der Waals surface area (Å²) in [6.07, 6.45) is 5.10. The van der Waals surface area contributed by atoms with Gasteiger partial charge >= 0.3 is 0 Å². The number of unbranched alkanes of at least 4 members (excludes halogenated alkanes) is 1. The van der Waals surface area contributed by atoms with Crippen LogP contribution in [0.2, 0.25) is 0 Å². The van der Waals surface area contributed by atoms with Crippen LogP contribution in [0.5, 0.6) is 5.75 Å². The van der Waals surface area contributed by atoms with E-state index in [1.54, 1.807) is 24.4 Å². The monoisotopic (exact) mass is 370 g/mol. The number of hydrogen-bond acceptors (Lipinski definition) is 5. The van der Waals surface area contributed by atoms with Crippen molar-refractivity contribution in [2.24, 2.45) is 16.3 Å². The minimum absolute atomic E-state index is 0.0528. The zero-order chi connectivity index (χ0) is 19.6. The van der Waals surface area contributed by atoms with E-state index in [0.717, 1.165) is 36.2 Å². The first-order valence-corrected chi connectivity index (χ1v) is 9.21. The minimum Gasteiger partial charge on any atom is -0.491 e. The Bertz CT molecular complexity index is 883. The Labute approximate surface area is 158 Å². The van der Waals surface area contributed by atoms with E-state index in [1.807, 2.05) is 4.68 Å². The lowest BCUT2D eigenvalue weighted by Crippen LogP contribution is -2.28. The van der Waals surface area contributed by atoms with Crippen molar-refractivity contribution in [1.82, 2.24) is 9.78 Å². The van der Waals surface area contributed by atoms with Crippen LogP contribution < -0.4 is 10.5 Å². The number of rotatable bonds is 6. The van der Waals surface area contributed by atoms with Gasteiger partial charge in [-0.3, -0.25) is 4.79 Å². The van der Waals surface area contributed by atoms with Crippen molar-refractivity contribution >= 4 is 11.6 Å². The molecule has 0 bridgehead atoms. The Balaban J connectivity index is 2.09. The molecule has 1 aliphatic carbocycles. The second-order valence-electron chi connectivity index (χ2n) is 7.73. The summed E-state index contributed by atoms with van der Waals surface area (Å²) in [4.78, 5) is 11.6. The van der Waals surface area contributed by atoms with E-state index in [9.17, 15) is 10.0 Å². The maximum atomic E-state index is 11.6. The number of aromatic nitrogens is 2. The Morgan fingerprint density at radius 1 is 1.41 bits per heavy atom. The Kier molecular flexibility index (Phi) is 5.21. The molecule has 0 aliphatic heterocycles. The molecular formula is C20H26N4O3. The van der Waals surface area contributed by atoms with Crippen LogP contribution in [0.15, 0.2) is 29.6 Å². The highest BCUT2D eigenvalue weighted by atomic mass is 16.5. The van der Waals surface area contributed by atoms with Crippen LogP contribution in [0, 0.1) is 5.41 Å². The summed E-state index contributed by atoms with van der Waals surface area (Å²) in [5.41, 5.74) is 8.95. The van der Waals surface area contributed by atoms with E-state index in [1.165, 1.54) is 0 Å². The first kappa shape index (κ1) is 18.9. The summed E-state index contributed by atoms with van der Waals surface area (Å²) >= 11 is 0. The number of ether oxygens (including phenoxy) is 1. The SMILES string of the molecule is CCCCOc1cc(C(N)=O)ccc1-n1ncc2c1CC(C)(C)C/C2=N\O. The number of benzene rings is 1. The first-order valence-electron chi connectivity index (χ1n) is 9.21. The summed E-state index contributed by atoms with van der Waals surface area (Å²) in [6, 6.07) is 5.13. The van der Waals surface area contributed by atoms with Crippen molar-refractivity contribution in [3.05, 3.63) is 41.2 Å². The Morgan fingerprint density at radius 3 is 2.85 bits per heavy atom. The fourth-order valence-electron chi connectivity index (χ4n) is 3.43. The third kappa shape index (κ3) is 3.82. The van der Waals surface area contributed by atoms with Gasteiger partial charge in [0.15, 0.2) is 0 Å². The standard InChI is InChI=1S/C20H26N4O3/c1-4-5-8-27-18-9-13(19(21)25)6-7-16(18)24-17-11-20(2,3)10-15(23-26)14(17)12-22-24/h6-7,9,12,26H,4-5,8,10-11H2,1-3H3,(H2,21,25)/b23-15+. The quantitative estimate of drug-likeness (QED) is 0.462. The molecule has 3 N–H and O–H groups in total. The van der Waals surface area contributed by atoms with Crippen LogP contribution in [-0.2, 0) is 6.42 Å². The van der Waals surface area contributed by atoms with Gasteiger partial charge in [0, 0.05) is 11.1 Å². The zero-order valence-electron chi connectivity index (χ0n) is 16.0.